The number of amides is 1. The highest BCUT2D eigenvalue weighted by Crippen LogP contribution is 2.31. The summed E-state index contributed by atoms with van der Waals surface area (Å²) in [5.41, 5.74) is 6.77. The zero-order chi connectivity index (χ0) is 19.9. The number of anilines is 3. The molecule has 2 heterocycles. The van der Waals surface area contributed by atoms with E-state index in [1.807, 2.05) is 49.1 Å². The summed E-state index contributed by atoms with van der Waals surface area (Å²) >= 11 is 1.56. The lowest BCUT2D eigenvalue weighted by atomic mass is 10.2. The summed E-state index contributed by atoms with van der Waals surface area (Å²) in [6, 6.07) is 9.67. The zero-order valence-electron chi connectivity index (χ0n) is 16.5. The van der Waals surface area contributed by atoms with Gasteiger partial charge in [-0.2, -0.15) is 15.0 Å². The second-order valence-electron chi connectivity index (χ2n) is 7.03. The monoisotopic (exact) mass is 400 g/mol. The molecule has 0 spiro atoms. The van der Waals surface area contributed by atoms with Crippen LogP contribution in [0.3, 0.4) is 0 Å². The van der Waals surface area contributed by atoms with Gasteiger partial charge in [0.15, 0.2) is 0 Å². The van der Waals surface area contributed by atoms with E-state index in [0.717, 1.165) is 31.6 Å². The molecule has 1 aromatic heterocycles. The average Bonchev–Trinajstić information content (AvgIpc) is 2.97. The Kier molecular flexibility index (Phi) is 7.08. The van der Waals surface area contributed by atoms with Crippen LogP contribution in [0.4, 0.5) is 17.6 Å². The van der Waals surface area contributed by atoms with Crippen molar-refractivity contribution < 1.29 is 4.79 Å². The van der Waals surface area contributed by atoms with Crippen molar-refractivity contribution >= 4 is 35.3 Å². The van der Waals surface area contributed by atoms with Crippen molar-refractivity contribution in [2.75, 3.05) is 24.1 Å². The Balaban J connectivity index is 1.66. The van der Waals surface area contributed by atoms with Gasteiger partial charge in [0, 0.05) is 18.8 Å². The molecule has 0 aliphatic carbocycles. The summed E-state index contributed by atoms with van der Waals surface area (Å²) in [4.78, 5) is 27.8. The third-order valence-electron chi connectivity index (χ3n) is 4.74. The standard InChI is InChI=1S/C20H28N6OS/c1-14(28-15(2)18(27)26-12-8-3-4-9-13-26)17-23-19(21)25-20(24-17)22-16-10-6-5-7-11-16/h5-7,10-11,14-15H,3-4,8-9,12-13H2,1-2H3,(H3,21,22,23,24,25)/t14-,15+/m0/s1. The number of nitrogen functional groups attached to an aromatic ring is 1. The minimum atomic E-state index is -0.156. The number of carbonyl (C=O) groups is 1. The first-order valence-corrected chi connectivity index (χ1v) is 10.7. The molecule has 1 saturated heterocycles. The number of nitrogens with zero attached hydrogens (tertiary/aromatic N) is 4. The molecule has 3 rings (SSSR count). The number of likely N-dealkylation sites (tertiary alicyclic amines) is 1. The fourth-order valence-electron chi connectivity index (χ4n) is 3.27. The van der Waals surface area contributed by atoms with Crippen LogP contribution in [0.1, 0.15) is 50.6 Å². The first kappa shape index (κ1) is 20.4. The number of thioether (sulfide) groups is 1. The van der Waals surface area contributed by atoms with E-state index >= 15 is 0 Å². The predicted octanol–water partition coefficient (Wildman–Crippen LogP) is 3.78. The van der Waals surface area contributed by atoms with Crippen LogP contribution in [0.5, 0.6) is 0 Å². The summed E-state index contributed by atoms with van der Waals surface area (Å²) in [5.74, 6) is 1.35. The second-order valence-corrected chi connectivity index (χ2v) is 8.71. The smallest absolute Gasteiger partial charge is 0.235 e. The molecule has 1 aliphatic heterocycles. The first-order chi connectivity index (χ1) is 13.5. The molecule has 0 bridgehead atoms. The number of nitrogens with two attached hydrogens (primary N) is 1. The Bertz CT molecular complexity index is 780. The van der Waals surface area contributed by atoms with Crippen LogP contribution in [0.15, 0.2) is 30.3 Å². The second kappa shape index (κ2) is 9.73. The largest absolute Gasteiger partial charge is 0.368 e. The Morgan fingerprint density at radius 3 is 2.43 bits per heavy atom. The molecule has 2 atom stereocenters. The summed E-state index contributed by atoms with van der Waals surface area (Å²) in [6.45, 7) is 5.68. The molecular weight excluding hydrogens is 372 g/mol. The quantitative estimate of drug-likeness (QED) is 0.761. The molecule has 150 valence electrons. The van der Waals surface area contributed by atoms with Gasteiger partial charge in [-0.25, -0.2) is 0 Å². The molecule has 3 N–H and O–H groups in total. The van der Waals surface area contributed by atoms with Crippen LogP contribution < -0.4 is 11.1 Å². The SMILES string of the molecule is C[C@H](S[C@H](C)C(=O)N1CCCCCC1)c1nc(N)nc(Nc2ccccc2)n1. The van der Waals surface area contributed by atoms with Gasteiger partial charge in [-0.3, -0.25) is 4.79 Å². The highest BCUT2D eigenvalue weighted by Gasteiger charge is 2.25. The Morgan fingerprint density at radius 2 is 1.75 bits per heavy atom. The molecule has 0 radical (unpaired) electrons. The van der Waals surface area contributed by atoms with Crippen molar-refractivity contribution in [1.29, 1.82) is 0 Å². The molecule has 1 amide bonds. The minimum absolute atomic E-state index is 0.0763. The van der Waals surface area contributed by atoms with Gasteiger partial charge in [0.2, 0.25) is 17.8 Å². The molecule has 8 heteroatoms. The Hall–Kier alpha value is -2.35. The summed E-state index contributed by atoms with van der Waals surface area (Å²) in [6.07, 6.45) is 4.61. The zero-order valence-corrected chi connectivity index (χ0v) is 17.3. The van der Waals surface area contributed by atoms with E-state index < -0.39 is 0 Å². The topological polar surface area (TPSA) is 97.0 Å². The van der Waals surface area contributed by atoms with E-state index in [2.05, 4.69) is 20.3 Å². The molecule has 28 heavy (non-hydrogen) atoms. The lowest BCUT2D eigenvalue weighted by molar-refractivity contribution is -0.130. The van der Waals surface area contributed by atoms with E-state index in [-0.39, 0.29) is 22.4 Å². The van der Waals surface area contributed by atoms with Gasteiger partial charge >= 0.3 is 0 Å². The van der Waals surface area contributed by atoms with E-state index in [1.165, 1.54) is 12.8 Å². The fraction of sp³-hybridized carbons (Fsp3) is 0.500. The average molecular weight is 401 g/mol. The van der Waals surface area contributed by atoms with Gasteiger partial charge in [0.05, 0.1) is 10.5 Å². The van der Waals surface area contributed by atoms with Gasteiger partial charge in [-0.15, -0.1) is 11.8 Å². The van der Waals surface area contributed by atoms with Crippen molar-refractivity contribution in [3.8, 4) is 0 Å². The van der Waals surface area contributed by atoms with Crippen molar-refractivity contribution in [3.63, 3.8) is 0 Å². The number of benzene rings is 1. The normalized spacial score (nSPS) is 16.9. The van der Waals surface area contributed by atoms with Crippen LogP contribution in [0.2, 0.25) is 0 Å². The maximum atomic E-state index is 12.8. The van der Waals surface area contributed by atoms with Gasteiger partial charge in [0.1, 0.15) is 5.82 Å². The highest BCUT2D eigenvalue weighted by atomic mass is 32.2. The number of rotatable bonds is 6. The Labute approximate surface area is 170 Å². The lowest BCUT2D eigenvalue weighted by Gasteiger charge is -2.25. The number of hydrogen-bond acceptors (Lipinski definition) is 7. The summed E-state index contributed by atoms with van der Waals surface area (Å²) in [5, 5.41) is 2.92. The van der Waals surface area contributed by atoms with Crippen LogP contribution in [0.25, 0.3) is 0 Å². The molecule has 0 unspecified atom stereocenters. The van der Waals surface area contributed by atoms with Crippen LogP contribution in [-0.2, 0) is 4.79 Å². The number of nitrogens with one attached hydrogen (secondary N) is 1. The van der Waals surface area contributed by atoms with E-state index in [1.54, 1.807) is 11.8 Å². The van der Waals surface area contributed by atoms with Gasteiger partial charge in [-0.1, -0.05) is 31.0 Å². The number of para-hydroxylation sites is 1. The van der Waals surface area contributed by atoms with Crippen LogP contribution in [0, 0.1) is 0 Å². The fourth-order valence-corrected chi connectivity index (χ4v) is 4.38. The summed E-state index contributed by atoms with van der Waals surface area (Å²) < 4.78 is 0. The molecule has 1 aliphatic rings. The first-order valence-electron chi connectivity index (χ1n) is 9.80. The van der Waals surface area contributed by atoms with Gasteiger partial charge in [0.25, 0.3) is 0 Å². The number of carbonyl (C=O) groups excluding carboxylic acids is 1. The third kappa shape index (κ3) is 5.58. The maximum Gasteiger partial charge on any atom is 0.235 e. The minimum Gasteiger partial charge on any atom is -0.368 e. The molecule has 2 aromatic rings. The van der Waals surface area contributed by atoms with E-state index in [4.69, 9.17) is 5.73 Å². The number of aromatic nitrogens is 3. The molecule has 7 nitrogen and oxygen atoms in total. The van der Waals surface area contributed by atoms with Gasteiger partial charge < -0.3 is 16.0 Å². The predicted molar refractivity (Wildman–Crippen MR) is 114 cm³/mol. The maximum absolute atomic E-state index is 12.8. The van der Waals surface area contributed by atoms with Crippen LogP contribution >= 0.6 is 11.8 Å². The van der Waals surface area contributed by atoms with Crippen molar-refractivity contribution in [1.82, 2.24) is 19.9 Å². The van der Waals surface area contributed by atoms with E-state index in [0.29, 0.717) is 11.8 Å². The molecular formula is C20H28N6OS. The lowest BCUT2D eigenvalue weighted by Crippen LogP contribution is -2.37. The van der Waals surface area contributed by atoms with Crippen molar-refractivity contribution in [2.24, 2.45) is 0 Å². The van der Waals surface area contributed by atoms with Crippen molar-refractivity contribution in [3.05, 3.63) is 36.2 Å². The molecule has 1 fully saturated rings. The van der Waals surface area contributed by atoms with Crippen LogP contribution in [-0.4, -0.2) is 44.1 Å². The molecule has 1 aromatic carbocycles. The number of hydrogen-bond donors (Lipinski definition) is 2. The van der Waals surface area contributed by atoms with Gasteiger partial charge in [-0.05, 0) is 38.8 Å². The van der Waals surface area contributed by atoms with E-state index in [9.17, 15) is 4.79 Å². The Morgan fingerprint density at radius 1 is 1.07 bits per heavy atom. The summed E-state index contributed by atoms with van der Waals surface area (Å²) in [7, 11) is 0. The molecule has 0 saturated carbocycles. The highest BCUT2D eigenvalue weighted by molar-refractivity contribution is 8.00. The van der Waals surface area contributed by atoms with Crippen molar-refractivity contribution in [2.45, 2.75) is 50.0 Å². The third-order valence-corrected chi connectivity index (χ3v) is 5.97.